The van der Waals surface area contributed by atoms with E-state index in [2.05, 4.69) is 21.0 Å². The van der Waals surface area contributed by atoms with Gasteiger partial charge in [0.25, 0.3) is 6.54 Å². The van der Waals surface area contributed by atoms with E-state index in [1.165, 1.54) is 0 Å². The van der Waals surface area contributed by atoms with Gasteiger partial charge in [0.15, 0.2) is 5.11 Å². The molecule has 0 saturated carbocycles. The summed E-state index contributed by atoms with van der Waals surface area (Å²) in [5, 5.41) is 3.29. The summed E-state index contributed by atoms with van der Waals surface area (Å²) in [6.07, 6.45) is 0. The molecule has 1 aromatic rings. The Kier molecular flexibility index (Phi) is 5.08. The van der Waals surface area contributed by atoms with E-state index >= 15 is 0 Å². The zero-order valence-electron chi connectivity index (χ0n) is 10.2. The molecular formula is C12H14N4OS. The first-order valence-corrected chi connectivity index (χ1v) is 5.70. The third kappa shape index (κ3) is 4.03. The van der Waals surface area contributed by atoms with Gasteiger partial charge in [0, 0.05) is 5.69 Å². The molecule has 1 aromatic carbocycles. The van der Waals surface area contributed by atoms with E-state index < -0.39 is 5.91 Å². The number of aryl methyl sites for hydroxylation is 2. The highest BCUT2D eigenvalue weighted by molar-refractivity contribution is 7.80. The predicted octanol–water partition coefficient (Wildman–Crippen LogP) is 1.54. The third-order valence-electron chi connectivity index (χ3n) is 2.26. The molecule has 6 heteroatoms. The first-order valence-electron chi connectivity index (χ1n) is 5.30. The number of benzene rings is 1. The average Bonchev–Trinajstić information content (AvgIpc) is 2.32. The quantitative estimate of drug-likeness (QED) is 0.430. The summed E-state index contributed by atoms with van der Waals surface area (Å²) in [5.74, 6) is -0.421. The molecule has 0 unspecified atom stereocenters. The topological polar surface area (TPSA) is 57.5 Å². The van der Waals surface area contributed by atoms with Crippen molar-refractivity contribution >= 4 is 28.9 Å². The first-order chi connectivity index (χ1) is 8.54. The largest absolute Gasteiger partial charge is 0.331 e. The third-order valence-corrected chi connectivity index (χ3v) is 2.46. The van der Waals surface area contributed by atoms with Crippen LogP contribution in [0, 0.1) is 20.4 Å². The molecule has 3 N–H and O–H groups in total. The van der Waals surface area contributed by atoms with Gasteiger partial charge in [-0.3, -0.25) is 15.6 Å². The van der Waals surface area contributed by atoms with Gasteiger partial charge in [-0.2, -0.15) is 0 Å². The van der Waals surface area contributed by atoms with E-state index in [4.69, 9.17) is 18.8 Å². The maximum atomic E-state index is 11.1. The summed E-state index contributed by atoms with van der Waals surface area (Å²) in [6, 6.07) is 5.90. The second-order valence-corrected chi connectivity index (χ2v) is 4.12. The van der Waals surface area contributed by atoms with Crippen LogP contribution in [-0.2, 0) is 4.79 Å². The smallest absolute Gasteiger partial charge is 0.318 e. The van der Waals surface area contributed by atoms with Crippen LogP contribution in [-0.4, -0.2) is 17.6 Å². The Balaban J connectivity index is 2.56. The zero-order chi connectivity index (χ0) is 13.5. The molecule has 0 aliphatic rings. The van der Waals surface area contributed by atoms with E-state index in [1.807, 2.05) is 32.0 Å². The fraction of sp³-hybridized carbons (Fsp3) is 0.250. The number of carbonyl (C=O) groups excluding carboxylic acids is 1. The van der Waals surface area contributed by atoms with Crippen molar-refractivity contribution in [1.29, 1.82) is 0 Å². The Morgan fingerprint density at radius 3 is 2.50 bits per heavy atom. The summed E-state index contributed by atoms with van der Waals surface area (Å²) < 4.78 is 0. The Hall–Kier alpha value is -2.13. The van der Waals surface area contributed by atoms with Gasteiger partial charge in [-0.1, -0.05) is 18.2 Å². The van der Waals surface area contributed by atoms with Gasteiger partial charge in [-0.15, -0.1) is 0 Å². The lowest BCUT2D eigenvalue weighted by molar-refractivity contribution is -0.119. The highest BCUT2D eigenvalue weighted by Gasteiger charge is 2.06. The van der Waals surface area contributed by atoms with Crippen molar-refractivity contribution < 1.29 is 4.79 Å². The van der Waals surface area contributed by atoms with E-state index in [-0.39, 0.29) is 11.7 Å². The molecule has 5 nitrogen and oxygen atoms in total. The van der Waals surface area contributed by atoms with Crippen molar-refractivity contribution in [2.24, 2.45) is 0 Å². The summed E-state index contributed by atoms with van der Waals surface area (Å²) in [7, 11) is 0. The SMILES string of the molecule is [C-]#[N+]CC(=O)NNC(=S)Nc1c(C)cccc1C. The number of hydrazine groups is 1. The lowest BCUT2D eigenvalue weighted by Crippen LogP contribution is -2.44. The Morgan fingerprint density at radius 2 is 1.94 bits per heavy atom. The molecule has 1 amide bonds. The van der Waals surface area contributed by atoms with Crippen LogP contribution in [0.3, 0.4) is 0 Å². The second-order valence-electron chi connectivity index (χ2n) is 3.71. The number of thiocarbonyl (C=S) groups is 1. The highest BCUT2D eigenvalue weighted by atomic mass is 32.1. The molecule has 0 radical (unpaired) electrons. The lowest BCUT2D eigenvalue weighted by Gasteiger charge is -2.14. The van der Waals surface area contributed by atoms with Crippen LogP contribution >= 0.6 is 12.2 Å². The van der Waals surface area contributed by atoms with Gasteiger partial charge in [-0.05, 0) is 37.2 Å². The number of para-hydroxylation sites is 1. The van der Waals surface area contributed by atoms with Gasteiger partial charge in [-0.25, -0.2) is 6.57 Å². The standard InChI is InChI=1S/C12H14N4OS/c1-8-5-4-6-9(2)11(8)14-12(18)16-15-10(17)7-13-3/h4-6H,7H2,1-2H3,(H,15,17)(H2,14,16,18). The monoisotopic (exact) mass is 262 g/mol. The molecule has 0 spiro atoms. The molecule has 18 heavy (non-hydrogen) atoms. The predicted molar refractivity (Wildman–Crippen MR) is 74.9 cm³/mol. The number of rotatable bonds is 2. The number of hydrogen-bond acceptors (Lipinski definition) is 2. The van der Waals surface area contributed by atoms with Crippen LogP contribution in [0.1, 0.15) is 11.1 Å². The lowest BCUT2D eigenvalue weighted by atomic mass is 10.1. The maximum absolute atomic E-state index is 11.1. The molecule has 1 rings (SSSR count). The van der Waals surface area contributed by atoms with Gasteiger partial charge in [0.05, 0.1) is 0 Å². The molecule has 0 atom stereocenters. The van der Waals surface area contributed by atoms with Gasteiger partial charge >= 0.3 is 5.91 Å². The van der Waals surface area contributed by atoms with Crippen molar-refractivity contribution in [3.63, 3.8) is 0 Å². The first kappa shape index (κ1) is 13.9. The van der Waals surface area contributed by atoms with E-state index in [1.54, 1.807) is 0 Å². The zero-order valence-corrected chi connectivity index (χ0v) is 11.0. The van der Waals surface area contributed by atoms with E-state index in [0.29, 0.717) is 0 Å². The summed E-state index contributed by atoms with van der Waals surface area (Å²) in [6.45, 7) is 10.3. The minimum atomic E-state index is -0.421. The molecule has 0 saturated heterocycles. The number of carbonyl (C=O) groups is 1. The summed E-state index contributed by atoms with van der Waals surface area (Å²) >= 11 is 5.04. The molecule has 0 aliphatic carbocycles. The molecule has 0 heterocycles. The molecular weight excluding hydrogens is 248 g/mol. The van der Waals surface area contributed by atoms with E-state index in [9.17, 15) is 4.79 Å². The van der Waals surface area contributed by atoms with Crippen molar-refractivity contribution in [1.82, 2.24) is 10.9 Å². The van der Waals surface area contributed by atoms with Gasteiger partial charge in [0.2, 0.25) is 0 Å². The number of anilines is 1. The Bertz CT molecular complexity index is 487. The van der Waals surface area contributed by atoms with Gasteiger partial charge < -0.3 is 10.2 Å². The van der Waals surface area contributed by atoms with Crippen molar-refractivity contribution in [3.8, 4) is 0 Å². The fourth-order valence-electron chi connectivity index (χ4n) is 1.39. The number of nitrogens with one attached hydrogen (secondary N) is 3. The van der Waals surface area contributed by atoms with Crippen LogP contribution in [0.15, 0.2) is 18.2 Å². The summed E-state index contributed by atoms with van der Waals surface area (Å²) in [4.78, 5) is 14.0. The normalized spacial score (nSPS) is 9.17. The molecule has 94 valence electrons. The number of hydrogen-bond donors (Lipinski definition) is 3. The fourth-order valence-corrected chi connectivity index (χ4v) is 1.55. The minimum absolute atomic E-state index is 0.223. The highest BCUT2D eigenvalue weighted by Crippen LogP contribution is 2.18. The van der Waals surface area contributed by atoms with Crippen LogP contribution in [0.25, 0.3) is 4.85 Å². The number of amides is 1. The second kappa shape index (κ2) is 6.57. The number of nitrogens with zero attached hydrogens (tertiary/aromatic N) is 1. The Labute approximate surface area is 111 Å². The average molecular weight is 262 g/mol. The molecule has 0 aliphatic heterocycles. The summed E-state index contributed by atoms with van der Waals surface area (Å²) in [5.41, 5.74) is 7.92. The van der Waals surface area contributed by atoms with Crippen LogP contribution in [0.2, 0.25) is 0 Å². The Morgan fingerprint density at radius 1 is 1.33 bits per heavy atom. The van der Waals surface area contributed by atoms with Crippen LogP contribution < -0.4 is 16.2 Å². The van der Waals surface area contributed by atoms with Crippen LogP contribution in [0.5, 0.6) is 0 Å². The molecule has 0 aromatic heterocycles. The minimum Gasteiger partial charge on any atom is -0.331 e. The molecule has 0 fully saturated rings. The van der Waals surface area contributed by atoms with Gasteiger partial charge in [0.1, 0.15) is 0 Å². The van der Waals surface area contributed by atoms with Crippen molar-refractivity contribution in [2.45, 2.75) is 13.8 Å². The molecule has 0 bridgehead atoms. The van der Waals surface area contributed by atoms with Crippen LogP contribution in [0.4, 0.5) is 5.69 Å². The van der Waals surface area contributed by atoms with Crippen molar-refractivity contribution in [3.05, 3.63) is 40.7 Å². The van der Waals surface area contributed by atoms with E-state index in [0.717, 1.165) is 16.8 Å². The van der Waals surface area contributed by atoms with Crippen molar-refractivity contribution in [2.75, 3.05) is 11.9 Å². The maximum Gasteiger partial charge on any atom is 0.318 e.